The van der Waals surface area contributed by atoms with E-state index in [1.54, 1.807) is 11.3 Å². The highest BCUT2D eigenvalue weighted by molar-refractivity contribution is 7.11. The molecule has 2 N–H and O–H groups in total. The Hall–Kier alpha value is -0.410. The van der Waals surface area contributed by atoms with Crippen LogP contribution in [0.3, 0.4) is 0 Å². The molecule has 1 unspecified atom stereocenters. The van der Waals surface area contributed by atoms with E-state index in [0.717, 1.165) is 11.4 Å². The molecule has 1 aromatic rings. The first kappa shape index (κ1) is 11.7. The Bertz CT molecular complexity index is 258. The Balaban J connectivity index is 2.25. The van der Waals surface area contributed by atoms with Crippen molar-refractivity contribution in [3.05, 3.63) is 16.1 Å². The number of nitrogens with zero attached hydrogens (tertiary/aromatic N) is 1. The van der Waals surface area contributed by atoms with Gasteiger partial charge in [0.25, 0.3) is 0 Å². The van der Waals surface area contributed by atoms with Gasteiger partial charge in [0.15, 0.2) is 0 Å². The van der Waals surface area contributed by atoms with Crippen LogP contribution in [0, 0.1) is 6.92 Å². The molecule has 0 fully saturated rings. The van der Waals surface area contributed by atoms with Crippen LogP contribution in [0.25, 0.3) is 0 Å². The molecular weight excluding hydrogens is 192 g/mol. The summed E-state index contributed by atoms with van der Waals surface area (Å²) >= 11 is 1.72. The molecule has 3 heteroatoms. The summed E-state index contributed by atoms with van der Waals surface area (Å²) in [6, 6.07) is 0.158. The SMILES string of the molecule is CCCCCCC(N)c1ncc(C)s1. The number of hydrogen-bond donors (Lipinski definition) is 1. The van der Waals surface area contributed by atoms with Crippen LogP contribution in [0.1, 0.15) is 55.0 Å². The van der Waals surface area contributed by atoms with Crippen molar-refractivity contribution in [2.75, 3.05) is 0 Å². The maximum Gasteiger partial charge on any atom is 0.110 e. The van der Waals surface area contributed by atoms with Crippen molar-refractivity contribution >= 4 is 11.3 Å². The van der Waals surface area contributed by atoms with Gasteiger partial charge in [0.2, 0.25) is 0 Å². The molecule has 1 atom stereocenters. The second-order valence-electron chi connectivity index (χ2n) is 3.76. The molecule has 0 aliphatic rings. The minimum absolute atomic E-state index is 0.158. The predicted octanol–water partition coefficient (Wildman–Crippen LogP) is 3.42. The van der Waals surface area contributed by atoms with Gasteiger partial charge < -0.3 is 5.73 Å². The van der Waals surface area contributed by atoms with Gasteiger partial charge in [0.1, 0.15) is 5.01 Å². The van der Waals surface area contributed by atoms with E-state index < -0.39 is 0 Å². The minimum atomic E-state index is 0.158. The quantitative estimate of drug-likeness (QED) is 0.734. The summed E-state index contributed by atoms with van der Waals surface area (Å²) in [5, 5.41) is 1.10. The van der Waals surface area contributed by atoms with Crippen LogP contribution < -0.4 is 5.73 Å². The molecule has 0 bridgehead atoms. The fourth-order valence-electron chi connectivity index (χ4n) is 1.46. The monoisotopic (exact) mass is 212 g/mol. The zero-order valence-electron chi connectivity index (χ0n) is 9.12. The second kappa shape index (κ2) is 6.14. The molecule has 14 heavy (non-hydrogen) atoms. The lowest BCUT2D eigenvalue weighted by Crippen LogP contribution is -2.09. The number of nitrogens with two attached hydrogens (primary N) is 1. The van der Waals surface area contributed by atoms with Crippen molar-refractivity contribution in [3.63, 3.8) is 0 Å². The summed E-state index contributed by atoms with van der Waals surface area (Å²) in [6.45, 7) is 4.30. The topological polar surface area (TPSA) is 38.9 Å². The summed E-state index contributed by atoms with van der Waals surface area (Å²) in [4.78, 5) is 5.56. The van der Waals surface area contributed by atoms with E-state index in [0.29, 0.717) is 0 Å². The van der Waals surface area contributed by atoms with E-state index in [-0.39, 0.29) is 6.04 Å². The Morgan fingerprint density at radius 3 is 2.79 bits per heavy atom. The van der Waals surface area contributed by atoms with E-state index in [2.05, 4.69) is 18.8 Å². The number of unbranched alkanes of at least 4 members (excludes halogenated alkanes) is 3. The van der Waals surface area contributed by atoms with Crippen LogP contribution in [0.15, 0.2) is 6.20 Å². The van der Waals surface area contributed by atoms with Crippen LogP contribution in [0.2, 0.25) is 0 Å². The van der Waals surface area contributed by atoms with E-state index in [4.69, 9.17) is 5.73 Å². The van der Waals surface area contributed by atoms with Gasteiger partial charge in [-0.3, -0.25) is 0 Å². The van der Waals surface area contributed by atoms with Crippen LogP contribution in [0.5, 0.6) is 0 Å². The summed E-state index contributed by atoms with van der Waals surface area (Å²) in [5.74, 6) is 0. The average Bonchev–Trinajstić information content (AvgIpc) is 2.59. The minimum Gasteiger partial charge on any atom is -0.322 e. The molecule has 1 rings (SSSR count). The molecule has 0 aliphatic carbocycles. The van der Waals surface area contributed by atoms with E-state index in [1.807, 2.05) is 6.20 Å². The number of aryl methyl sites for hydroxylation is 1. The summed E-state index contributed by atoms with van der Waals surface area (Å²) in [7, 11) is 0. The third-order valence-corrected chi connectivity index (χ3v) is 3.37. The fourth-order valence-corrected chi connectivity index (χ4v) is 2.27. The van der Waals surface area contributed by atoms with Crippen molar-refractivity contribution < 1.29 is 0 Å². The first-order valence-corrected chi connectivity index (χ1v) is 6.23. The van der Waals surface area contributed by atoms with Gasteiger partial charge in [0, 0.05) is 11.1 Å². The molecule has 1 aromatic heterocycles. The van der Waals surface area contributed by atoms with Crippen molar-refractivity contribution in [3.8, 4) is 0 Å². The van der Waals surface area contributed by atoms with Crippen LogP contribution in [-0.2, 0) is 0 Å². The first-order valence-electron chi connectivity index (χ1n) is 5.42. The highest BCUT2D eigenvalue weighted by Gasteiger charge is 2.08. The molecule has 0 spiro atoms. The molecule has 0 radical (unpaired) electrons. The first-order chi connectivity index (χ1) is 6.74. The smallest absolute Gasteiger partial charge is 0.110 e. The van der Waals surface area contributed by atoms with Crippen molar-refractivity contribution in [2.24, 2.45) is 5.73 Å². The molecular formula is C11H20N2S. The highest BCUT2D eigenvalue weighted by Crippen LogP contribution is 2.22. The van der Waals surface area contributed by atoms with Crippen molar-refractivity contribution in [1.82, 2.24) is 4.98 Å². The van der Waals surface area contributed by atoms with E-state index >= 15 is 0 Å². The fraction of sp³-hybridized carbons (Fsp3) is 0.727. The summed E-state index contributed by atoms with van der Waals surface area (Å²) in [6.07, 6.45) is 8.12. The van der Waals surface area contributed by atoms with Gasteiger partial charge in [-0.1, -0.05) is 32.6 Å². The highest BCUT2D eigenvalue weighted by atomic mass is 32.1. The summed E-state index contributed by atoms with van der Waals surface area (Å²) in [5.41, 5.74) is 6.04. The number of thiazole rings is 1. The maximum atomic E-state index is 6.04. The number of aromatic nitrogens is 1. The van der Waals surface area contributed by atoms with Crippen molar-refractivity contribution in [2.45, 2.75) is 52.0 Å². The Morgan fingerprint density at radius 1 is 1.43 bits per heavy atom. The molecule has 80 valence electrons. The molecule has 2 nitrogen and oxygen atoms in total. The Morgan fingerprint density at radius 2 is 2.21 bits per heavy atom. The molecule has 0 aliphatic heterocycles. The van der Waals surface area contributed by atoms with Crippen LogP contribution in [0.4, 0.5) is 0 Å². The molecule has 0 saturated heterocycles. The van der Waals surface area contributed by atoms with Crippen LogP contribution >= 0.6 is 11.3 Å². The van der Waals surface area contributed by atoms with Gasteiger partial charge in [-0.05, 0) is 13.3 Å². The predicted molar refractivity (Wildman–Crippen MR) is 62.5 cm³/mol. The van der Waals surface area contributed by atoms with Gasteiger partial charge in [-0.2, -0.15) is 0 Å². The van der Waals surface area contributed by atoms with Gasteiger partial charge >= 0.3 is 0 Å². The lowest BCUT2D eigenvalue weighted by molar-refractivity contribution is 0.564. The normalized spacial score (nSPS) is 13.1. The average molecular weight is 212 g/mol. The molecule has 0 saturated carbocycles. The zero-order chi connectivity index (χ0) is 10.4. The molecule has 0 aromatic carbocycles. The lowest BCUT2D eigenvalue weighted by Gasteiger charge is -2.07. The van der Waals surface area contributed by atoms with Gasteiger partial charge in [-0.25, -0.2) is 4.98 Å². The van der Waals surface area contributed by atoms with Gasteiger partial charge in [-0.15, -0.1) is 11.3 Å². The second-order valence-corrected chi connectivity index (χ2v) is 5.03. The maximum absolute atomic E-state index is 6.04. The van der Waals surface area contributed by atoms with Gasteiger partial charge in [0.05, 0.1) is 6.04 Å². The zero-order valence-corrected chi connectivity index (χ0v) is 9.94. The third kappa shape index (κ3) is 3.76. The Kier molecular flexibility index (Phi) is 5.12. The number of rotatable bonds is 6. The van der Waals surface area contributed by atoms with E-state index in [9.17, 15) is 0 Å². The third-order valence-electron chi connectivity index (χ3n) is 2.33. The molecule has 1 heterocycles. The molecule has 0 amide bonds. The standard InChI is InChI=1S/C11H20N2S/c1-3-4-5-6-7-10(12)11-13-8-9(2)14-11/h8,10H,3-7,12H2,1-2H3. The van der Waals surface area contributed by atoms with Crippen LogP contribution in [-0.4, -0.2) is 4.98 Å². The van der Waals surface area contributed by atoms with Crippen molar-refractivity contribution in [1.29, 1.82) is 0 Å². The lowest BCUT2D eigenvalue weighted by atomic mass is 10.1. The Labute approximate surface area is 90.6 Å². The summed E-state index contributed by atoms with van der Waals surface area (Å²) < 4.78 is 0. The number of hydrogen-bond acceptors (Lipinski definition) is 3. The van der Waals surface area contributed by atoms with E-state index in [1.165, 1.54) is 30.6 Å². The largest absolute Gasteiger partial charge is 0.322 e.